The number of hydrogen-bond acceptors (Lipinski definition) is 4. The molecule has 8 heteroatoms. The van der Waals surface area contributed by atoms with Gasteiger partial charge in [0.25, 0.3) is 5.91 Å². The molecule has 0 radical (unpaired) electrons. The van der Waals surface area contributed by atoms with E-state index in [2.05, 4.69) is 5.32 Å². The van der Waals surface area contributed by atoms with Crippen LogP contribution in [0.3, 0.4) is 0 Å². The first kappa shape index (κ1) is 19.6. The third-order valence-electron chi connectivity index (χ3n) is 4.59. The second-order valence-corrected chi connectivity index (χ2v) is 6.38. The van der Waals surface area contributed by atoms with E-state index >= 15 is 0 Å². The Balaban J connectivity index is 1.60. The average molecular weight is 389 g/mol. The van der Waals surface area contributed by atoms with Crippen LogP contribution in [0, 0.1) is 11.6 Å². The molecule has 2 amide bonds. The van der Waals surface area contributed by atoms with E-state index in [1.165, 1.54) is 13.1 Å². The number of halogens is 2. The molecule has 6 nitrogen and oxygen atoms in total. The molecule has 1 fully saturated rings. The third-order valence-corrected chi connectivity index (χ3v) is 4.59. The van der Waals surface area contributed by atoms with Crippen molar-refractivity contribution in [2.45, 2.75) is 6.61 Å². The summed E-state index contributed by atoms with van der Waals surface area (Å²) >= 11 is 0. The lowest BCUT2D eigenvalue weighted by Crippen LogP contribution is -2.49. The minimum absolute atomic E-state index is 0.136. The monoisotopic (exact) mass is 389 g/mol. The summed E-state index contributed by atoms with van der Waals surface area (Å²) in [6.45, 7) is 1.54. The molecule has 2 aromatic carbocycles. The second-order valence-electron chi connectivity index (χ2n) is 6.38. The van der Waals surface area contributed by atoms with Crippen LogP contribution in [0.1, 0.15) is 15.9 Å². The van der Waals surface area contributed by atoms with E-state index in [1.807, 2.05) is 30.3 Å². The number of hydrogen-bond donors (Lipinski definition) is 1. The zero-order valence-electron chi connectivity index (χ0n) is 15.5. The van der Waals surface area contributed by atoms with Crippen molar-refractivity contribution in [3.8, 4) is 0 Å². The standard InChI is InChI=1S/C20H21F2N3O3/c1-23-19(26)15-11-18(17(22)12-16(15)21)24-7-9-25(10-8-24)20(27)28-13-14-5-3-2-4-6-14/h2-6,11-12H,7-10,13H2,1H3,(H,23,26). The minimum atomic E-state index is -0.913. The lowest BCUT2D eigenvalue weighted by molar-refractivity contribution is 0.0940. The van der Waals surface area contributed by atoms with Crippen molar-refractivity contribution in [3.63, 3.8) is 0 Å². The zero-order valence-corrected chi connectivity index (χ0v) is 15.5. The molecule has 1 N–H and O–H groups in total. The molecule has 1 aliphatic heterocycles. The van der Waals surface area contributed by atoms with Crippen molar-refractivity contribution in [1.29, 1.82) is 0 Å². The van der Waals surface area contributed by atoms with Gasteiger partial charge in [-0.05, 0) is 11.6 Å². The number of anilines is 1. The van der Waals surface area contributed by atoms with Gasteiger partial charge in [0.15, 0.2) is 0 Å². The molecule has 1 aliphatic rings. The number of carbonyl (C=O) groups is 2. The van der Waals surface area contributed by atoms with Crippen LogP contribution in [0.4, 0.5) is 19.3 Å². The average Bonchev–Trinajstić information content (AvgIpc) is 2.72. The third kappa shape index (κ3) is 4.39. The SMILES string of the molecule is CNC(=O)c1cc(N2CCN(C(=O)OCc3ccccc3)CC2)c(F)cc1F. The van der Waals surface area contributed by atoms with E-state index in [0.29, 0.717) is 32.2 Å². The summed E-state index contributed by atoms with van der Waals surface area (Å²) in [5.41, 5.74) is 0.811. The lowest BCUT2D eigenvalue weighted by Gasteiger charge is -2.35. The molecule has 28 heavy (non-hydrogen) atoms. The molecule has 1 heterocycles. The van der Waals surface area contributed by atoms with Gasteiger partial charge >= 0.3 is 6.09 Å². The van der Waals surface area contributed by atoms with Crippen LogP contribution in [0.15, 0.2) is 42.5 Å². The van der Waals surface area contributed by atoms with Crippen LogP contribution in [0.2, 0.25) is 0 Å². The minimum Gasteiger partial charge on any atom is -0.445 e. The summed E-state index contributed by atoms with van der Waals surface area (Å²) in [7, 11) is 1.38. The highest BCUT2D eigenvalue weighted by Gasteiger charge is 2.25. The van der Waals surface area contributed by atoms with Crippen molar-refractivity contribution in [2.75, 3.05) is 38.1 Å². The maximum Gasteiger partial charge on any atom is 0.410 e. The number of piperazine rings is 1. The van der Waals surface area contributed by atoms with E-state index < -0.39 is 23.6 Å². The molecule has 2 aromatic rings. The van der Waals surface area contributed by atoms with Crippen LogP contribution in [-0.4, -0.2) is 50.1 Å². The van der Waals surface area contributed by atoms with Gasteiger partial charge in [-0.2, -0.15) is 0 Å². The van der Waals surface area contributed by atoms with Crippen LogP contribution >= 0.6 is 0 Å². The highest BCUT2D eigenvalue weighted by Crippen LogP contribution is 2.25. The number of nitrogens with one attached hydrogen (secondary N) is 1. The summed E-state index contributed by atoms with van der Waals surface area (Å²) in [5.74, 6) is -2.28. The van der Waals surface area contributed by atoms with Gasteiger partial charge in [-0.15, -0.1) is 0 Å². The predicted molar refractivity (Wildman–Crippen MR) is 100 cm³/mol. The highest BCUT2D eigenvalue weighted by molar-refractivity contribution is 5.95. The summed E-state index contributed by atoms with van der Waals surface area (Å²) in [4.78, 5) is 27.2. The van der Waals surface area contributed by atoms with Crippen LogP contribution in [-0.2, 0) is 11.3 Å². The van der Waals surface area contributed by atoms with Crippen molar-refractivity contribution < 1.29 is 23.1 Å². The van der Waals surface area contributed by atoms with E-state index in [0.717, 1.165) is 5.56 Å². The second kappa shape index (κ2) is 8.69. The van der Waals surface area contributed by atoms with Gasteiger partial charge < -0.3 is 19.9 Å². The molecule has 0 aliphatic carbocycles. The van der Waals surface area contributed by atoms with E-state index in [1.54, 1.807) is 9.80 Å². The molecule has 0 aromatic heterocycles. The van der Waals surface area contributed by atoms with Gasteiger partial charge in [-0.25, -0.2) is 13.6 Å². The van der Waals surface area contributed by atoms with Crippen LogP contribution in [0.25, 0.3) is 0 Å². The quantitative estimate of drug-likeness (QED) is 0.874. The fraction of sp³-hybridized carbons (Fsp3) is 0.300. The topological polar surface area (TPSA) is 61.9 Å². The fourth-order valence-corrected chi connectivity index (χ4v) is 3.03. The molecule has 0 unspecified atom stereocenters. The molecule has 3 rings (SSSR count). The molecule has 0 atom stereocenters. The molecular formula is C20H21F2N3O3. The van der Waals surface area contributed by atoms with E-state index in [4.69, 9.17) is 4.74 Å². The van der Waals surface area contributed by atoms with Crippen molar-refractivity contribution in [1.82, 2.24) is 10.2 Å². The molecule has 0 bridgehead atoms. The summed E-state index contributed by atoms with van der Waals surface area (Å²) in [6.07, 6.45) is -0.436. The van der Waals surface area contributed by atoms with Crippen molar-refractivity contribution in [2.24, 2.45) is 0 Å². The Morgan fingerprint density at radius 3 is 2.36 bits per heavy atom. The number of rotatable bonds is 4. The van der Waals surface area contributed by atoms with E-state index in [9.17, 15) is 18.4 Å². The Morgan fingerprint density at radius 2 is 1.71 bits per heavy atom. The summed E-state index contributed by atoms with van der Waals surface area (Å²) in [5, 5.41) is 2.33. The number of nitrogens with zero attached hydrogens (tertiary/aromatic N) is 2. The number of amides is 2. The molecule has 0 saturated carbocycles. The smallest absolute Gasteiger partial charge is 0.410 e. The number of ether oxygens (including phenoxy) is 1. The van der Waals surface area contributed by atoms with Gasteiger partial charge in [0.1, 0.15) is 18.2 Å². The Hall–Kier alpha value is -3.16. The first-order valence-electron chi connectivity index (χ1n) is 8.91. The van der Waals surface area contributed by atoms with Gasteiger partial charge in [0.2, 0.25) is 0 Å². The first-order chi connectivity index (χ1) is 13.5. The molecular weight excluding hydrogens is 368 g/mol. The van der Waals surface area contributed by atoms with Crippen LogP contribution < -0.4 is 10.2 Å². The molecule has 1 saturated heterocycles. The Bertz CT molecular complexity index is 853. The Morgan fingerprint density at radius 1 is 1.04 bits per heavy atom. The van der Waals surface area contributed by atoms with Gasteiger partial charge in [-0.1, -0.05) is 30.3 Å². The maximum atomic E-state index is 14.2. The Labute approximate surface area is 161 Å². The van der Waals surface area contributed by atoms with Crippen molar-refractivity contribution in [3.05, 3.63) is 65.2 Å². The van der Waals surface area contributed by atoms with Gasteiger partial charge in [-0.3, -0.25) is 4.79 Å². The van der Waals surface area contributed by atoms with E-state index in [-0.39, 0.29) is 17.9 Å². The van der Waals surface area contributed by atoms with Gasteiger partial charge in [0, 0.05) is 39.3 Å². The fourth-order valence-electron chi connectivity index (χ4n) is 3.03. The number of benzene rings is 2. The Kier molecular flexibility index (Phi) is 6.08. The predicted octanol–water partition coefficient (Wildman–Crippen LogP) is 2.78. The number of carbonyl (C=O) groups excluding carboxylic acids is 2. The first-order valence-corrected chi connectivity index (χ1v) is 8.91. The summed E-state index contributed by atoms with van der Waals surface area (Å²) < 4.78 is 33.4. The normalized spacial score (nSPS) is 14.0. The van der Waals surface area contributed by atoms with Gasteiger partial charge in [0.05, 0.1) is 11.3 Å². The molecule has 0 spiro atoms. The maximum absolute atomic E-state index is 14.2. The molecule has 148 valence electrons. The summed E-state index contributed by atoms with van der Waals surface area (Å²) in [6, 6.07) is 11.3. The highest BCUT2D eigenvalue weighted by atomic mass is 19.1. The zero-order chi connectivity index (χ0) is 20.1. The van der Waals surface area contributed by atoms with Crippen LogP contribution in [0.5, 0.6) is 0 Å². The van der Waals surface area contributed by atoms with Crippen molar-refractivity contribution >= 4 is 17.7 Å². The lowest BCUT2D eigenvalue weighted by atomic mass is 10.1. The largest absolute Gasteiger partial charge is 0.445 e.